The van der Waals surface area contributed by atoms with Crippen molar-refractivity contribution in [2.24, 2.45) is 5.92 Å². The minimum Gasteiger partial charge on any atom is -0.345 e. The largest absolute Gasteiger partial charge is 0.345 e. The number of amides is 1. The fourth-order valence-electron chi connectivity index (χ4n) is 2.85. The highest BCUT2D eigenvalue weighted by Gasteiger charge is 2.34. The molecule has 1 atom stereocenters. The Balaban J connectivity index is 1.86. The number of carbonyl (C=O) groups excluding carboxylic acids is 1. The molecule has 1 amide bonds. The fraction of sp³-hybridized carbons (Fsp3) is 0.278. The molecule has 0 spiro atoms. The first-order chi connectivity index (χ1) is 11.1. The van der Waals surface area contributed by atoms with E-state index in [-0.39, 0.29) is 17.6 Å². The molecule has 2 aromatic carbocycles. The molecule has 1 unspecified atom stereocenters. The second-order valence-corrected chi connectivity index (χ2v) is 5.91. The summed E-state index contributed by atoms with van der Waals surface area (Å²) >= 11 is 0. The summed E-state index contributed by atoms with van der Waals surface area (Å²) in [7, 11) is 0. The van der Waals surface area contributed by atoms with Crippen molar-refractivity contribution in [3.8, 4) is 0 Å². The number of nitrogens with one attached hydrogen (secondary N) is 1. The quantitative estimate of drug-likeness (QED) is 0.674. The van der Waals surface area contributed by atoms with E-state index in [1.807, 2.05) is 30.3 Å². The highest BCUT2D eigenvalue weighted by Crippen LogP contribution is 2.41. The predicted molar refractivity (Wildman–Crippen MR) is 87.2 cm³/mol. The smallest absolute Gasteiger partial charge is 0.273 e. The van der Waals surface area contributed by atoms with E-state index in [2.05, 4.69) is 5.32 Å². The maximum atomic E-state index is 12.6. The third-order valence-corrected chi connectivity index (χ3v) is 4.29. The molecule has 0 aliphatic heterocycles. The van der Waals surface area contributed by atoms with Crippen molar-refractivity contribution < 1.29 is 9.72 Å². The maximum Gasteiger partial charge on any atom is 0.273 e. The molecule has 23 heavy (non-hydrogen) atoms. The lowest BCUT2D eigenvalue weighted by atomic mass is 10.0. The summed E-state index contributed by atoms with van der Waals surface area (Å²) in [5.41, 5.74) is 1.81. The van der Waals surface area contributed by atoms with Gasteiger partial charge in [-0.15, -0.1) is 0 Å². The normalized spacial score (nSPS) is 15.0. The Kier molecular flexibility index (Phi) is 4.10. The summed E-state index contributed by atoms with van der Waals surface area (Å²) in [5.74, 6) is 0.187. The Labute approximate surface area is 134 Å². The molecule has 0 saturated heterocycles. The molecule has 0 radical (unpaired) electrons. The molecule has 1 aliphatic carbocycles. The van der Waals surface area contributed by atoms with Gasteiger partial charge in [0, 0.05) is 17.2 Å². The average Bonchev–Trinajstić information content (AvgIpc) is 3.38. The number of carbonyl (C=O) groups is 1. The minimum absolute atomic E-state index is 0.0275. The molecule has 2 aromatic rings. The van der Waals surface area contributed by atoms with Crippen LogP contribution in [0.3, 0.4) is 0 Å². The summed E-state index contributed by atoms with van der Waals surface area (Å²) in [5, 5.41) is 14.1. The van der Waals surface area contributed by atoms with Gasteiger partial charge in [0.05, 0.1) is 11.0 Å². The Morgan fingerprint density at radius 2 is 1.87 bits per heavy atom. The van der Waals surface area contributed by atoms with Gasteiger partial charge in [-0.05, 0) is 37.3 Å². The van der Waals surface area contributed by atoms with E-state index in [0.29, 0.717) is 17.0 Å². The van der Waals surface area contributed by atoms with Crippen molar-refractivity contribution in [1.82, 2.24) is 5.32 Å². The monoisotopic (exact) mass is 310 g/mol. The van der Waals surface area contributed by atoms with Crippen LogP contribution in [-0.4, -0.2) is 10.8 Å². The van der Waals surface area contributed by atoms with Crippen LogP contribution in [0.4, 0.5) is 5.69 Å². The van der Waals surface area contributed by atoms with E-state index >= 15 is 0 Å². The van der Waals surface area contributed by atoms with Crippen LogP contribution in [0.5, 0.6) is 0 Å². The summed E-state index contributed by atoms with van der Waals surface area (Å²) in [6.45, 7) is 1.61. The molecule has 1 aliphatic rings. The van der Waals surface area contributed by atoms with Crippen molar-refractivity contribution in [2.45, 2.75) is 25.8 Å². The minimum atomic E-state index is -0.457. The van der Waals surface area contributed by atoms with Crippen LogP contribution < -0.4 is 5.32 Å². The van der Waals surface area contributed by atoms with Gasteiger partial charge in [-0.25, -0.2) is 0 Å². The van der Waals surface area contributed by atoms with Crippen molar-refractivity contribution in [2.75, 3.05) is 0 Å². The highest BCUT2D eigenvalue weighted by atomic mass is 16.6. The molecule has 1 fully saturated rings. The SMILES string of the molecule is Cc1c(C(=O)NC(c2ccccc2)C2CC2)cccc1[N+](=O)[O-]. The molecule has 118 valence electrons. The van der Waals surface area contributed by atoms with Crippen molar-refractivity contribution in [3.63, 3.8) is 0 Å². The van der Waals surface area contributed by atoms with Gasteiger partial charge < -0.3 is 5.32 Å². The van der Waals surface area contributed by atoms with Crippen LogP contribution in [0.25, 0.3) is 0 Å². The first-order valence-corrected chi connectivity index (χ1v) is 7.67. The van der Waals surface area contributed by atoms with Crippen LogP contribution >= 0.6 is 0 Å². The fourth-order valence-corrected chi connectivity index (χ4v) is 2.85. The molecular formula is C18H18N2O3. The molecule has 3 rings (SSSR count). The van der Waals surface area contributed by atoms with Crippen LogP contribution in [0.1, 0.15) is 40.4 Å². The van der Waals surface area contributed by atoms with Crippen molar-refractivity contribution in [1.29, 1.82) is 0 Å². The van der Waals surface area contributed by atoms with E-state index in [4.69, 9.17) is 0 Å². The second kappa shape index (κ2) is 6.20. The van der Waals surface area contributed by atoms with Crippen LogP contribution in [0.15, 0.2) is 48.5 Å². The lowest BCUT2D eigenvalue weighted by Gasteiger charge is -2.19. The van der Waals surface area contributed by atoms with Crippen LogP contribution in [0, 0.1) is 23.0 Å². The third-order valence-electron chi connectivity index (χ3n) is 4.29. The molecule has 1 saturated carbocycles. The lowest BCUT2D eigenvalue weighted by molar-refractivity contribution is -0.385. The van der Waals surface area contributed by atoms with Gasteiger partial charge in [0.15, 0.2) is 0 Å². The number of nitrogens with zero attached hydrogens (tertiary/aromatic N) is 1. The Bertz CT molecular complexity index is 739. The maximum absolute atomic E-state index is 12.6. The van der Waals surface area contributed by atoms with Crippen LogP contribution in [-0.2, 0) is 0 Å². The van der Waals surface area contributed by atoms with Gasteiger partial charge in [-0.2, -0.15) is 0 Å². The summed E-state index contributed by atoms with van der Waals surface area (Å²) in [6.07, 6.45) is 2.18. The third kappa shape index (κ3) is 3.23. The standard InChI is InChI=1S/C18H18N2O3/c1-12-15(8-5-9-16(12)20(22)23)18(21)19-17(14-10-11-14)13-6-3-2-4-7-13/h2-9,14,17H,10-11H2,1H3,(H,19,21). The molecule has 0 bridgehead atoms. The average molecular weight is 310 g/mol. The van der Waals surface area contributed by atoms with Gasteiger partial charge in [0.1, 0.15) is 0 Å². The summed E-state index contributed by atoms with van der Waals surface area (Å²) in [4.78, 5) is 23.2. The summed E-state index contributed by atoms with van der Waals surface area (Å²) < 4.78 is 0. The molecule has 0 heterocycles. The zero-order valence-electron chi connectivity index (χ0n) is 12.9. The molecule has 5 heteroatoms. The number of hydrogen-bond donors (Lipinski definition) is 1. The molecule has 1 N–H and O–H groups in total. The first-order valence-electron chi connectivity index (χ1n) is 7.67. The zero-order valence-corrected chi connectivity index (χ0v) is 12.9. The highest BCUT2D eigenvalue weighted by molar-refractivity contribution is 5.96. The number of hydrogen-bond acceptors (Lipinski definition) is 3. The van der Waals surface area contributed by atoms with Crippen molar-refractivity contribution >= 4 is 11.6 Å². The van der Waals surface area contributed by atoms with Gasteiger partial charge >= 0.3 is 0 Å². The Hall–Kier alpha value is -2.69. The van der Waals surface area contributed by atoms with E-state index in [1.54, 1.807) is 19.1 Å². The summed E-state index contributed by atoms with van der Waals surface area (Å²) in [6, 6.07) is 14.4. The van der Waals surface area contributed by atoms with E-state index in [9.17, 15) is 14.9 Å². The zero-order chi connectivity index (χ0) is 16.4. The molecule has 0 aromatic heterocycles. The van der Waals surface area contributed by atoms with Crippen molar-refractivity contribution in [3.05, 3.63) is 75.3 Å². The number of rotatable bonds is 5. The van der Waals surface area contributed by atoms with Gasteiger partial charge in [-0.1, -0.05) is 36.4 Å². The number of nitro groups is 1. The van der Waals surface area contributed by atoms with Crippen LogP contribution in [0.2, 0.25) is 0 Å². The van der Waals surface area contributed by atoms with E-state index < -0.39 is 4.92 Å². The predicted octanol–water partition coefficient (Wildman–Crippen LogP) is 3.78. The topological polar surface area (TPSA) is 72.2 Å². The molecular weight excluding hydrogens is 292 g/mol. The molecule has 5 nitrogen and oxygen atoms in total. The van der Waals surface area contributed by atoms with Gasteiger partial charge in [0.25, 0.3) is 11.6 Å². The Morgan fingerprint density at radius 1 is 1.17 bits per heavy atom. The number of nitro benzene ring substituents is 1. The number of benzene rings is 2. The second-order valence-electron chi connectivity index (χ2n) is 5.91. The lowest BCUT2D eigenvalue weighted by Crippen LogP contribution is -2.30. The van der Waals surface area contributed by atoms with E-state index in [0.717, 1.165) is 18.4 Å². The van der Waals surface area contributed by atoms with E-state index in [1.165, 1.54) is 6.07 Å². The Morgan fingerprint density at radius 3 is 2.48 bits per heavy atom. The first kappa shape index (κ1) is 15.2. The van der Waals surface area contributed by atoms with Gasteiger partial charge in [0.2, 0.25) is 0 Å². The van der Waals surface area contributed by atoms with Gasteiger partial charge in [-0.3, -0.25) is 14.9 Å².